The molecule has 0 unspecified atom stereocenters. The van der Waals surface area contributed by atoms with Crippen LogP contribution in [0.5, 0.6) is 0 Å². The lowest BCUT2D eigenvalue weighted by Gasteiger charge is -2.11. The van der Waals surface area contributed by atoms with E-state index in [1.54, 1.807) is 13.0 Å². The molecular weight excluding hydrogens is 336 g/mol. The lowest BCUT2D eigenvalue weighted by molar-refractivity contribution is 0.0945. The maximum absolute atomic E-state index is 12.5. The van der Waals surface area contributed by atoms with Crippen LogP contribution in [0.4, 0.5) is 11.5 Å². The zero-order valence-electron chi connectivity index (χ0n) is 16.1. The first-order valence-electron chi connectivity index (χ1n) is 8.94. The van der Waals surface area contributed by atoms with E-state index < -0.39 is 0 Å². The van der Waals surface area contributed by atoms with Gasteiger partial charge in [-0.1, -0.05) is 35.9 Å². The van der Waals surface area contributed by atoms with Gasteiger partial charge in [0.15, 0.2) is 0 Å². The van der Waals surface area contributed by atoms with Gasteiger partial charge in [-0.3, -0.25) is 4.79 Å². The summed E-state index contributed by atoms with van der Waals surface area (Å²) >= 11 is 0. The van der Waals surface area contributed by atoms with E-state index in [1.165, 1.54) is 16.7 Å². The van der Waals surface area contributed by atoms with Crippen molar-refractivity contribution in [1.82, 2.24) is 15.3 Å². The standard InChI is InChI=1S/C22H24N4O/c1-14-6-5-7-18(9-14)13-23-22(27)20-12-21(25-17(4)24-20)26-19-10-15(2)8-16(3)11-19/h5-12H,13H2,1-4H3,(H,23,27)(H,24,25,26). The molecule has 0 atom stereocenters. The summed E-state index contributed by atoms with van der Waals surface area (Å²) in [7, 11) is 0. The number of carbonyl (C=O) groups excluding carboxylic acids is 1. The average Bonchev–Trinajstić information content (AvgIpc) is 2.58. The fraction of sp³-hybridized carbons (Fsp3) is 0.227. The Morgan fingerprint density at radius 2 is 1.63 bits per heavy atom. The van der Waals surface area contributed by atoms with Crippen molar-refractivity contribution in [2.75, 3.05) is 5.32 Å². The molecule has 138 valence electrons. The number of hydrogen-bond acceptors (Lipinski definition) is 4. The van der Waals surface area contributed by atoms with Crippen LogP contribution in [-0.2, 0) is 6.54 Å². The fourth-order valence-corrected chi connectivity index (χ4v) is 3.04. The molecule has 0 radical (unpaired) electrons. The van der Waals surface area contributed by atoms with Crippen LogP contribution >= 0.6 is 0 Å². The van der Waals surface area contributed by atoms with Gasteiger partial charge < -0.3 is 10.6 Å². The van der Waals surface area contributed by atoms with Gasteiger partial charge in [-0.2, -0.15) is 0 Å². The second-order valence-corrected chi connectivity index (χ2v) is 6.86. The number of aromatic nitrogens is 2. The normalized spacial score (nSPS) is 10.5. The van der Waals surface area contributed by atoms with E-state index in [2.05, 4.69) is 32.7 Å². The van der Waals surface area contributed by atoms with Crippen LogP contribution in [0.3, 0.4) is 0 Å². The number of benzene rings is 2. The summed E-state index contributed by atoms with van der Waals surface area (Å²) in [6.45, 7) is 8.37. The van der Waals surface area contributed by atoms with Crippen molar-refractivity contribution in [2.24, 2.45) is 0 Å². The number of anilines is 2. The molecule has 3 rings (SSSR count). The van der Waals surface area contributed by atoms with Crippen LogP contribution in [0.15, 0.2) is 48.5 Å². The van der Waals surface area contributed by atoms with Gasteiger partial charge in [-0.15, -0.1) is 0 Å². The Kier molecular flexibility index (Phi) is 5.50. The van der Waals surface area contributed by atoms with Crippen molar-refractivity contribution in [3.05, 3.63) is 82.3 Å². The second kappa shape index (κ2) is 7.99. The van der Waals surface area contributed by atoms with Gasteiger partial charge in [-0.25, -0.2) is 9.97 Å². The Hall–Kier alpha value is -3.21. The molecule has 2 N–H and O–H groups in total. The Balaban J connectivity index is 1.75. The molecule has 0 aliphatic carbocycles. The van der Waals surface area contributed by atoms with Gasteiger partial charge in [-0.05, 0) is 56.5 Å². The lowest BCUT2D eigenvalue weighted by atomic mass is 10.1. The predicted molar refractivity (Wildman–Crippen MR) is 108 cm³/mol. The summed E-state index contributed by atoms with van der Waals surface area (Å²) in [6.07, 6.45) is 0. The van der Waals surface area contributed by atoms with E-state index in [1.807, 2.05) is 51.1 Å². The maximum Gasteiger partial charge on any atom is 0.270 e. The summed E-state index contributed by atoms with van der Waals surface area (Å²) in [4.78, 5) is 21.2. The third-order valence-electron chi connectivity index (χ3n) is 4.10. The van der Waals surface area contributed by atoms with Crippen LogP contribution in [0.2, 0.25) is 0 Å². The number of rotatable bonds is 5. The Morgan fingerprint density at radius 1 is 0.889 bits per heavy atom. The predicted octanol–water partition coefficient (Wildman–Crippen LogP) is 4.38. The zero-order valence-corrected chi connectivity index (χ0v) is 16.1. The van der Waals surface area contributed by atoms with Gasteiger partial charge >= 0.3 is 0 Å². The average molecular weight is 360 g/mol. The quantitative estimate of drug-likeness (QED) is 0.708. The molecule has 5 nitrogen and oxygen atoms in total. The van der Waals surface area contributed by atoms with E-state index in [9.17, 15) is 4.79 Å². The number of nitrogens with one attached hydrogen (secondary N) is 2. The third kappa shape index (κ3) is 5.14. The summed E-state index contributed by atoms with van der Waals surface area (Å²) < 4.78 is 0. The zero-order chi connectivity index (χ0) is 19.4. The number of amides is 1. The minimum Gasteiger partial charge on any atom is -0.347 e. The van der Waals surface area contributed by atoms with Crippen LogP contribution in [0.25, 0.3) is 0 Å². The largest absolute Gasteiger partial charge is 0.347 e. The molecule has 0 saturated heterocycles. The molecule has 0 spiro atoms. The molecular formula is C22H24N4O. The van der Waals surface area contributed by atoms with Crippen LogP contribution in [-0.4, -0.2) is 15.9 Å². The molecule has 0 fully saturated rings. The van der Waals surface area contributed by atoms with Crippen LogP contribution < -0.4 is 10.6 Å². The molecule has 0 aliphatic rings. The molecule has 1 amide bonds. The Morgan fingerprint density at radius 3 is 2.33 bits per heavy atom. The second-order valence-electron chi connectivity index (χ2n) is 6.86. The molecule has 27 heavy (non-hydrogen) atoms. The smallest absolute Gasteiger partial charge is 0.270 e. The van der Waals surface area contributed by atoms with E-state index >= 15 is 0 Å². The highest BCUT2D eigenvalue weighted by Gasteiger charge is 2.11. The van der Waals surface area contributed by atoms with Crippen molar-refractivity contribution >= 4 is 17.4 Å². The number of nitrogens with zero attached hydrogens (tertiary/aromatic N) is 2. The molecule has 0 bridgehead atoms. The number of hydrogen-bond donors (Lipinski definition) is 2. The molecule has 1 heterocycles. The first-order valence-corrected chi connectivity index (χ1v) is 8.94. The minimum atomic E-state index is -0.217. The number of aryl methyl sites for hydroxylation is 4. The highest BCUT2D eigenvalue weighted by atomic mass is 16.1. The lowest BCUT2D eigenvalue weighted by Crippen LogP contribution is -2.24. The summed E-state index contributed by atoms with van der Waals surface area (Å²) in [5.74, 6) is 0.934. The van der Waals surface area contributed by atoms with Crippen molar-refractivity contribution in [2.45, 2.75) is 34.2 Å². The Bertz CT molecular complexity index is 962. The fourth-order valence-electron chi connectivity index (χ4n) is 3.04. The molecule has 2 aromatic carbocycles. The van der Waals surface area contributed by atoms with Gasteiger partial charge in [0.05, 0.1) is 0 Å². The van der Waals surface area contributed by atoms with E-state index in [0.29, 0.717) is 23.9 Å². The van der Waals surface area contributed by atoms with Crippen molar-refractivity contribution in [1.29, 1.82) is 0 Å². The Labute approximate surface area is 159 Å². The van der Waals surface area contributed by atoms with Crippen LogP contribution in [0, 0.1) is 27.7 Å². The van der Waals surface area contributed by atoms with Gasteiger partial charge in [0.1, 0.15) is 17.3 Å². The highest BCUT2D eigenvalue weighted by molar-refractivity contribution is 5.93. The summed E-state index contributed by atoms with van der Waals surface area (Å²) in [5, 5.41) is 6.19. The molecule has 3 aromatic rings. The first-order chi connectivity index (χ1) is 12.9. The molecule has 0 saturated carbocycles. The van der Waals surface area contributed by atoms with E-state index in [4.69, 9.17) is 0 Å². The molecule has 5 heteroatoms. The summed E-state index contributed by atoms with van der Waals surface area (Å²) in [6, 6.07) is 15.9. The minimum absolute atomic E-state index is 0.217. The topological polar surface area (TPSA) is 66.9 Å². The van der Waals surface area contributed by atoms with Crippen molar-refractivity contribution in [3.8, 4) is 0 Å². The van der Waals surface area contributed by atoms with Gasteiger partial charge in [0, 0.05) is 18.3 Å². The molecule has 1 aromatic heterocycles. The first kappa shape index (κ1) is 18.6. The van der Waals surface area contributed by atoms with Crippen molar-refractivity contribution < 1.29 is 4.79 Å². The monoisotopic (exact) mass is 360 g/mol. The van der Waals surface area contributed by atoms with Crippen LogP contribution in [0.1, 0.15) is 38.6 Å². The number of carbonyl (C=O) groups is 1. The van der Waals surface area contributed by atoms with Gasteiger partial charge in [0.2, 0.25) is 0 Å². The highest BCUT2D eigenvalue weighted by Crippen LogP contribution is 2.19. The summed E-state index contributed by atoms with van der Waals surface area (Å²) in [5.41, 5.74) is 5.85. The molecule has 0 aliphatic heterocycles. The maximum atomic E-state index is 12.5. The SMILES string of the molecule is Cc1cccc(CNC(=O)c2cc(Nc3cc(C)cc(C)c3)nc(C)n2)c1. The van der Waals surface area contributed by atoms with E-state index in [-0.39, 0.29) is 5.91 Å². The van der Waals surface area contributed by atoms with E-state index in [0.717, 1.165) is 11.3 Å². The van der Waals surface area contributed by atoms with Gasteiger partial charge in [0.25, 0.3) is 5.91 Å². The third-order valence-corrected chi connectivity index (χ3v) is 4.10. The van der Waals surface area contributed by atoms with Crippen molar-refractivity contribution in [3.63, 3.8) is 0 Å².